The topological polar surface area (TPSA) is 91.8 Å². The van der Waals surface area contributed by atoms with Crippen molar-refractivity contribution in [3.8, 4) is 0 Å². The summed E-state index contributed by atoms with van der Waals surface area (Å²) in [4.78, 5) is 57.6. The highest BCUT2D eigenvalue weighted by Crippen LogP contribution is 2.13. The summed E-state index contributed by atoms with van der Waals surface area (Å²) in [5, 5.41) is 0. The highest BCUT2D eigenvalue weighted by Gasteiger charge is 2.37. The molecule has 88 valence electrons. The molecule has 0 spiro atoms. The van der Waals surface area contributed by atoms with Crippen molar-refractivity contribution in [2.45, 2.75) is 12.8 Å². The van der Waals surface area contributed by atoms with E-state index in [-0.39, 0.29) is 12.8 Å². The Morgan fingerprint density at radius 3 is 1.94 bits per heavy atom. The van der Waals surface area contributed by atoms with Crippen LogP contribution in [0.5, 0.6) is 0 Å². The molecule has 1 fully saturated rings. The summed E-state index contributed by atoms with van der Waals surface area (Å²) in [7, 11) is 0. The molecule has 0 aliphatic carbocycles. The van der Waals surface area contributed by atoms with E-state index in [2.05, 4.69) is 0 Å². The Morgan fingerprint density at radius 2 is 1.47 bits per heavy atom. The fourth-order valence-corrected chi connectivity index (χ4v) is 1.65. The van der Waals surface area contributed by atoms with E-state index < -0.39 is 36.1 Å². The maximum atomic E-state index is 11.6. The molecule has 2 aliphatic rings. The van der Waals surface area contributed by atoms with E-state index in [1.165, 1.54) is 0 Å². The van der Waals surface area contributed by atoms with Crippen molar-refractivity contribution in [1.82, 2.24) is 9.80 Å². The average molecular weight is 236 g/mol. The Kier molecular flexibility index (Phi) is 2.58. The first kappa shape index (κ1) is 11.2. The van der Waals surface area contributed by atoms with Crippen molar-refractivity contribution in [1.29, 1.82) is 0 Å². The molecule has 0 radical (unpaired) electrons. The third-order valence-electron chi connectivity index (χ3n) is 2.49. The molecule has 2 heterocycles. The number of imide groups is 4. The molecule has 5 amide bonds. The third-order valence-corrected chi connectivity index (χ3v) is 2.49. The van der Waals surface area contributed by atoms with Crippen molar-refractivity contribution < 1.29 is 24.0 Å². The number of carbonyl (C=O) groups is 5. The molecule has 0 aromatic rings. The van der Waals surface area contributed by atoms with Gasteiger partial charge in [0, 0.05) is 25.0 Å². The minimum Gasteiger partial charge on any atom is -0.274 e. The first-order valence-electron chi connectivity index (χ1n) is 4.93. The van der Waals surface area contributed by atoms with Gasteiger partial charge in [0.25, 0.3) is 17.7 Å². The summed E-state index contributed by atoms with van der Waals surface area (Å²) in [5.74, 6) is -3.27. The Bertz CT molecular complexity index is 445. The van der Waals surface area contributed by atoms with Gasteiger partial charge in [0.2, 0.25) is 11.8 Å². The smallest absolute Gasteiger partial charge is 0.256 e. The Hall–Kier alpha value is -2.31. The van der Waals surface area contributed by atoms with Crippen LogP contribution in [0.1, 0.15) is 12.8 Å². The lowest BCUT2D eigenvalue weighted by atomic mass is 10.4. The maximum absolute atomic E-state index is 11.6. The predicted octanol–water partition coefficient (Wildman–Crippen LogP) is -1.41. The van der Waals surface area contributed by atoms with Crippen LogP contribution in [-0.4, -0.2) is 45.9 Å². The summed E-state index contributed by atoms with van der Waals surface area (Å²) >= 11 is 0. The molecule has 0 saturated carbocycles. The van der Waals surface area contributed by atoms with Crippen molar-refractivity contribution in [3.63, 3.8) is 0 Å². The van der Waals surface area contributed by atoms with Crippen LogP contribution in [0.15, 0.2) is 12.2 Å². The Morgan fingerprint density at radius 1 is 1.00 bits per heavy atom. The second-order valence-corrected chi connectivity index (χ2v) is 3.61. The number of hydrogen-bond donors (Lipinski definition) is 0. The van der Waals surface area contributed by atoms with Crippen molar-refractivity contribution in [2.24, 2.45) is 0 Å². The molecule has 1 saturated heterocycles. The van der Waals surface area contributed by atoms with Crippen molar-refractivity contribution >= 4 is 29.5 Å². The molecular formula is C10H8N2O5. The maximum Gasteiger partial charge on any atom is 0.256 e. The zero-order valence-corrected chi connectivity index (χ0v) is 8.71. The zero-order chi connectivity index (χ0) is 12.6. The molecule has 0 unspecified atom stereocenters. The monoisotopic (exact) mass is 236 g/mol. The van der Waals surface area contributed by atoms with Crippen LogP contribution < -0.4 is 0 Å². The zero-order valence-electron chi connectivity index (χ0n) is 8.71. The lowest BCUT2D eigenvalue weighted by Crippen LogP contribution is -2.44. The molecular weight excluding hydrogens is 228 g/mol. The second kappa shape index (κ2) is 3.93. The molecule has 0 N–H and O–H groups in total. The van der Waals surface area contributed by atoms with Gasteiger partial charge in [0.05, 0.1) is 0 Å². The van der Waals surface area contributed by atoms with Crippen LogP contribution in [0.3, 0.4) is 0 Å². The lowest BCUT2D eigenvalue weighted by molar-refractivity contribution is -0.153. The van der Waals surface area contributed by atoms with Crippen LogP contribution in [0.2, 0.25) is 0 Å². The number of likely N-dealkylation sites (tertiary alicyclic amines) is 1. The van der Waals surface area contributed by atoms with Crippen LogP contribution in [0.25, 0.3) is 0 Å². The largest absolute Gasteiger partial charge is 0.274 e. The molecule has 17 heavy (non-hydrogen) atoms. The van der Waals surface area contributed by atoms with Gasteiger partial charge in [-0.15, -0.1) is 0 Å². The molecule has 0 aromatic heterocycles. The molecule has 2 rings (SSSR count). The summed E-state index contributed by atoms with van der Waals surface area (Å²) in [6.45, 7) is -0.581. The number of carbonyl (C=O) groups excluding carboxylic acids is 5. The summed E-state index contributed by atoms with van der Waals surface area (Å²) in [6.07, 6.45) is 2.04. The van der Waals surface area contributed by atoms with E-state index in [0.717, 1.165) is 12.2 Å². The van der Waals surface area contributed by atoms with Gasteiger partial charge in [-0.2, -0.15) is 0 Å². The van der Waals surface area contributed by atoms with Gasteiger partial charge in [0.1, 0.15) is 6.54 Å². The quantitative estimate of drug-likeness (QED) is 0.549. The molecule has 7 heteroatoms. The van der Waals surface area contributed by atoms with Gasteiger partial charge in [-0.25, -0.2) is 4.90 Å². The Balaban J connectivity index is 2.07. The van der Waals surface area contributed by atoms with Gasteiger partial charge < -0.3 is 0 Å². The van der Waals surface area contributed by atoms with Gasteiger partial charge in [-0.3, -0.25) is 28.9 Å². The first-order valence-corrected chi connectivity index (χ1v) is 4.93. The van der Waals surface area contributed by atoms with E-state index in [1.54, 1.807) is 0 Å². The van der Waals surface area contributed by atoms with Crippen molar-refractivity contribution in [2.75, 3.05) is 6.54 Å². The molecule has 7 nitrogen and oxygen atoms in total. The number of amides is 5. The number of hydrogen-bond acceptors (Lipinski definition) is 5. The fourth-order valence-electron chi connectivity index (χ4n) is 1.65. The minimum absolute atomic E-state index is 0.00921. The van der Waals surface area contributed by atoms with Gasteiger partial charge in [-0.05, 0) is 0 Å². The van der Waals surface area contributed by atoms with E-state index in [9.17, 15) is 24.0 Å². The average Bonchev–Trinajstić information content (AvgIpc) is 2.75. The van der Waals surface area contributed by atoms with Crippen molar-refractivity contribution in [3.05, 3.63) is 12.2 Å². The lowest BCUT2D eigenvalue weighted by Gasteiger charge is -2.16. The Labute approximate surface area is 95.6 Å². The molecule has 0 atom stereocenters. The highest BCUT2D eigenvalue weighted by molar-refractivity contribution is 6.19. The predicted molar refractivity (Wildman–Crippen MR) is 52.0 cm³/mol. The summed E-state index contributed by atoms with van der Waals surface area (Å²) in [5.41, 5.74) is 0. The van der Waals surface area contributed by atoms with Crippen LogP contribution in [-0.2, 0) is 24.0 Å². The first-order chi connectivity index (χ1) is 8.00. The van der Waals surface area contributed by atoms with Gasteiger partial charge in [-0.1, -0.05) is 0 Å². The van der Waals surface area contributed by atoms with E-state index in [0.29, 0.717) is 9.80 Å². The molecule has 2 aliphatic heterocycles. The van der Waals surface area contributed by atoms with E-state index >= 15 is 0 Å². The van der Waals surface area contributed by atoms with E-state index in [1.807, 2.05) is 0 Å². The van der Waals surface area contributed by atoms with E-state index in [4.69, 9.17) is 0 Å². The van der Waals surface area contributed by atoms with Crippen LogP contribution in [0.4, 0.5) is 0 Å². The summed E-state index contributed by atoms with van der Waals surface area (Å²) < 4.78 is 0. The molecule has 0 bridgehead atoms. The highest BCUT2D eigenvalue weighted by atomic mass is 16.2. The van der Waals surface area contributed by atoms with Crippen LogP contribution in [0, 0.1) is 0 Å². The van der Waals surface area contributed by atoms with Gasteiger partial charge >= 0.3 is 0 Å². The molecule has 0 aromatic carbocycles. The normalized spacial score (nSPS) is 19.8. The second-order valence-electron chi connectivity index (χ2n) is 3.61. The summed E-state index contributed by atoms with van der Waals surface area (Å²) in [6, 6.07) is 0. The number of nitrogens with zero attached hydrogens (tertiary/aromatic N) is 2. The SMILES string of the molecule is O=C1C=CC(=O)N1CC(=O)N1C(=O)CCC1=O. The fraction of sp³-hybridized carbons (Fsp3) is 0.300. The standard InChI is InChI=1S/C10H8N2O5/c13-6-1-2-7(14)11(6)5-10(17)12-8(15)3-4-9(12)16/h1-2H,3-5H2. The van der Waals surface area contributed by atoms with Crippen LogP contribution >= 0.6 is 0 Å². The van der Waals surface area contributed by atoms with Gasteiger partial charge in [0.15, 0.2) is 0 Å². The number of rotatable bonds is 2. The minimum atomic E-state index is -0.845. The third kappa shape index (κ3) is 1.86.